The number of amides is 1. The monoisotopic (exact) mass is 300 g/mol. The predicted molar refractivity (Wildman–Crippen MR) is 89.3 cm³/mol. The standard InChI is InChI=1S/C17H20N2OS/c1-11-4-7-17(21-11)12(2)18-15-5-6-16-14(10-15)8-9-19(16)13(3)20/h4-7,10,12,18H,8-9H2,1-3H3. The van der Waals surface area contributed by atoms with Crippen LogP contribution in [0, 0.1) is 6.92 Å². The molecule has 2 heterocycles. The molecule has 0 bridgehead atoms. The number of hydrogen-bond donors (Lipinski definition) is 1. The first-order chi connectivity index (χ1) is 10.0. The molecule has 1 amide bonds. The van der Waals surface area contributed by atoms with E-state index in [0.29, 0.717) is 6.04 Å². The number of nitrogens with zero attached hydrogens (tertiary/aromatic N) is 1. The summed E-state index contributed by atoms with van der Waals surface area (Å²) in [6, 6.07) is 10.9. The number of benzene rings is 1. The van der Waals surface area contributed by atoms with Crippen LogP contribution in [-0.2, 0) is 11.2 Å². The van der Waals surface area contributed by atoms with Crippen molar-refractivity contribution in [2.75, 3.05) is 16.8 Å². The van der Waals surface area contributed by atoms with Gasteiger partial charge in [-0.05, 0) is 56.2 Å². The molecule has 1 aromatic carbocycles. The molecule has 0 saturated carbocycles. The second-order valence-electron chi connectivity index (χ2n) is 5.58. The van der Waals surface area contributed by atoms with Gasteiger partial charge in [-0.3, -0.25) is 4.79 Å². The zero-order valence-electron chi connectivity index (χ0n) is 12.6. The summed E-state index contributed by atoms with van der Waals surface area (Å²) in [6.07, 6.45) is 0.941. The van der Waals surface area contributed by atoms with Gasteiger partial charge >= 0.3 is 0 Å². The summed E-state index contributed by atoms with van der Waals surface area (Å²) in [5, 5.41) is 3.55. The molecule has 2 aromatic rings. The van der Waals surface area contributed by atoms with Gasteiger partial charge in [-0.2, -0.15) is 0 Å². The van der Waals surface area contributed by atoms with Gasteiger partial charge in [-0.1, -0.05) is 0 Å². The highest BCUT2D eigenvalue weighted by Gasteiger charge is 2.22. The number of nitrogens with one attached hydrogen (secondary N) is 1. The fraction of sp³-hybridized carbons (Fsp3) is 0.353. The predicted octanol–water partition coefficient (Wildman–Crippen LogP) is 4.14. The Morgan fingerprint density at radius 2 is 2.14 bits per heavy atom. The maximum Gasteiger partial charge on any atom is 0.223 e. The average Bonchev–Trinajstić information content (AvgIpc) is 3.04. The van der Waals surface area contributed by atoms with Crippen LogP contribution >= 0.6 is 11.3 Å². The fourth-order valence-corrected chi connectivity index (χ4v) is 3.71. The molecule has 21 heavy (non-hydrogen) atoms. The maximum atomic E-state index is 11.6. The topological polar surface area (TPSA) is 32.3 Å². The van der Waals surface area contributed by atoms with Gasteiger partial charge in [-0.15, -0.1) is 11.3 Å². The van der Waals surface area contributed by atoms with Gasteiger partial charge in [0.25, 0.3) is 0 Å². The number of fused-ring (bicyclic) bond motifs is 1. The number of thiophene rings is 1. The van der Waals surface area contributed by atoms with Crippen LogP contribution in [0.25, 0.3) is 0 Å². The fourth-order valence-electron chi connectivity index (χ4n) is 2.83. The average molecular weight is 300 g/mol. The van der Waals surface area contributed by atoms with Crippen molar-refractivity contribution in [1.82, 2.24) is 0 Å². The molecule has 4 heteroatoms. The third-order valence-electron chi connectivity index (χ3n) is 3.93. The second kappa shape index (κ2) is 5.53. The van der Waals surface area contributed by atoms with E-state index in [9.17, 15) is 4.79 Å². The van der Waals surface area contributed by atoms with Crippen molar-refractivity contribution in [2.24, 2.45) is 0 Å². The minimum absolute atomic E-state index is 0.122. The number of rotatable bonds is 3. The highest BCUT2D eigenvalue weighted by atomic mass is 32.1. The second-order valence-corrected chi connectivity index (χ2v) is 6.90. The number of carbonyl (C=O) groups excluding carboxylic acids is 1. The van der Waals surface area contributed by atoms with Crippen molar-refractivity contribution in [1.29, 1.82) is 0 Å². The van der Waals surface area contributed by atoms with Gasteiger partial charge in [0.15, 0.2) is 0 Å². The molecule has 1 aromatic heterocycles. The third-order valence-corrected chi connectivity index (χ3v) is 5.11. The molecule has 3 rings (SSSR count). The smallest absolute Gasteiger partial charge is 0.223 e. The van der Waals surface area contributed by atoms with Crippen LogP contribution in [0.1, 0.15) is 35.2 Å². The Labute approximate surface area is 129 Å². The van der Waals surface area contributed by atoms with Crippen molar-refractivity contribution in [3.8, 4) is 0 Å². The highest BCUT2D eigenvalue weighted by Crippen LogP contribution is 2.32. The molecule has 1 unspecified atom stereocenters. The Bertz CT molecular complexity index is 677. The summed E-state index contributed by atoms with van der Waals surface area (Å²) < 4.78 is 0. The molecule has 0 fully saturated rings. The molecular formula is C17H20N2OS. The Morgan fingerprint density at radius 1 is 1.33 bits per heavy atom. The highest BCUT2D eigenvalue weighted by molar-refractivity contribution is 7.12. The van der Waals surface area contributed by atoms with Crippen molar-refractivity contribution >= 4 is 28.6 Å². The molecule has 1 aliphatic heterocycles. The molecule has 0 radical (unpaired) electrons. The van der Waals surface area contributed by atoms with E-state index in [-0.39, 0.29) is 5.91 Å². The lowest BCUT2D eigenvalue weighted by molar-refractivity contribution is -0.116. The number of hydrogen-bond acceptors (Lipinski definition) is 3. The quantitative estimate of drug-likeness (QED) is 0.924. The molecule has 110 valence electrons. The molecule has 1 atom stereocenters. The van der Waals surface area contributed by atoms with E-state index in [4.69, 9.17) is 0 Å². The van der Waals surface area contributed by atoms with Gasteiger partial charge < -0.3 is 10.2 Å². The first-order valence-electron chi connectivity index (χ1n) is 7.28. The van der Waals surface area contributed by atoms with E-state index in [1.54, 1.807) is 6.92 Å². The van der Waals surface area contributed by atoms with Crippen molar-refractivity contribution in [3.05, 3.63) is 45.6 Å². The first-order valence-corrected chi connectivity index (χ1v) is 8.10. The van der Waals surface area contributed by atoms with Gasteiger partial charge in [0, 0.05) is 34.6 Å². The van der Waals surface area contributed by atoms with Crippen molar-refractivity contribution < 1.29 is 4.79 Å². The number of carbonyl (C=O) groups is 1. The number of aryl methyl sites for hydroxylation is 1. The molecule has 0 saturated heterocycles. The van der Waals surface area contributed by atoms with Crippen LogP contribution in [-0.4, -0.2) is 12.5 Å². The summed E-state index contributed by atoms with van der Waals surface area (Å²) in [7, 11) is 0. The van der Waals surface area contributed by atoms with E-state index in [1.165, 1.54) is 15.3 Å². The SMILES string of the molecule is CC(=O)N1CCc2cc(NC(C)c3ccc(C)s3)ccc21. The Kier molecular flexibility index (Phi) is 3.72. The minimum Gasteiger partial charge on any atom is -0.378 e. The summed E-state index contributed by atoms with van der Waals surface area (Å²) in [5.41, 5.74) is 3.44. The molecular weight excluding hydrogens is 280 g/mol. The van der Waals surface area contributed by atoms with Crippen LogP contribution in [0.4, 0.5) is 11.4 Å². The van der Waals surface area contributed by atoms with E-state index in [1.807, 2.05) is 16.2 Å². The van der Waals surface area contributed by atoms with Gasteiger partial charge in [-0.25, -0.2) is 0 Å². The minimum atomic E-state index is 0.122. The van der Waals surface area contributed by atoms with Crippen LogP contribution in [0.5, 0.6) is 0 Å². The van der Waals surface area contributed by atoms with Crippen LogP contribution in [0.15, 0.2) is 30.3 Å². The van der Waals surface area contributed by atoms with E-state index in [0.717, 1.165) is 24.3 Å². The Hall–Kier alpha value is -1.81. The molecule has 1 aliphatic rings. The normalized spacial score (nSPS) is 14.9. The lowest BCUT2D eigenvalue weighted by Crippen LogP contribution is -2.25. The molecule has 1 N–H and O–H groups in total. The third kappa shape index (κ3) is 2.81. The molecule has 3 nitrogen and oxygen atoms in total. The van der Waals surface area contributed by atoms with Gasteiger partial charge in [0.2, 0.25) is 5.91 Å². The zero-order chi connectivity index (χ0) is 15.0. The summed E-state index contributed by atoms with van der Waals surface area (Å²) in [4.78, 5) is 16.1. The van der Waals surface area contributed by atoms with Crippen molar-refractivity contribution in [2.45, 2.75) is 33.2 Å². The zero-order valence-corrected chi connectivity index (χ0v) is 13.5. The van der Waals surface area contributed by atoms with Crippen LogP contribution in [0.3, 0.4) is 0 Å². The Morgan fingerprint density at radius 3 is 2.81 bits per heavy atom. The van der Waals surface area contributed by atoms with E-state index < -0.39 is 0 Å². The summed E-state index contributed by atoms with van der Waals surface area (Å²) in [5.74, 6) is 0.122. The Balaban J connectivity index is 1.77. The maximum absolute atomic E-state index is 11.6. The van der Waals surface area contributed by atoms with Crippen LogP contribution < -0.4 is 10.2 Å². The van der Waals surface area contributed by atoms with Gasteiger partial charge in [0.05, 0.1) is 6.04 Å². The largest absolute Gasteiger partial charge is 0.378 e. The van der Waals surface area contributed by atoms with Gasteiger partial charge in [0.1, 0.15) is 0 Å². The number of anilines is 2. The van der Waals surface area contributed by atoms with Crippen molar-refractivity contribution in [3.63, 3.8) is 0 Å². The molecule has 0 spiro atoms. The summed E-state index contributed by atoms with van der Waals surface area (Å²) >= 11 is 1.83. The first kappa shape index (κ1) is 14.1. The van der Waals surface area contributed by atoms with Crippen LogP contribution in [0.2, 0.25) is 0 Å². The lowest BCUT2D eigenvalue weighted by Gasteiger charge is -2.17. The van der Waals surface area contributed by atoms with E-state index >= 15 is 0 Å². The van der Waals surface area contributed by atoms with E-state index in [2.05, 4.69) is 49.5 Å². The summed E-state index contributed by atoms with van der Waals surface area (Å²) in [6.45, 7) is 6.74. The lowest BCUT2D eigenvalue weighted by atomic mass is 10.1. The molecule has 0 aliphatic carbocycles.